The largest absolute Gasteiger partial charge is 0.474 e. The maximum Gasteiger partial charge on any atom is 0.278 e. The van der Waals surface area contributed by atoms with Crippen LogP contribution in [0.5, 0.6) is 5.88 Å². The summed E-state index contributed by atoms with van der Waals surface area (Å²) in [5.41, 5.74) is 0.0135. The van der Waals surface area contributed by atoms with Crippen LogP contribution >= 0.6 is 0 Å². The van der Waals surface area contributed by atoms with E-state index in [1.807, 2.05) is 6.92 Å². The molecule has 1 fully saturated rings. The van der Waals surface area contributed by atoms with Crippen molar-refractivity contribution in [2.24, 2.45) is 0 Å². The van der Waals surface area contributed by atoms with Crippen LogP contribution in [0.15, 0.2) is 12.1 Å². The van der Waals surface area contributed by atoms with Crippen LogP contribution in [0, 0.1) is 10.1 Å². The Morgan fingerprint density at radius 3 is 2.65 bits per heavy atom. The van der Waals surface area contributed by atoms with Gasteiger partial charge >= 0.3 is 0 Å². The first-order valence-corrected chi connectivity index (χ1v) is 7.26. The van der Waals surface area contributed by atoms with Crippen LogP contribution in [-0.2, 0) is 0 Å². The van der Waals surface area contributed by atoms with Crippen LogP contribution in [0.25, 0.3) is 0 Å². The first-order chi connectivity index (χ1) is 9.69. The highest BCUT2D eigenvalue weighted by Gasteiger charge is 2.17. The number of nitrogens with one attached hydrogen (secondary N) is 1. The molecular formula is C14H21N3O3. The fourth-order valence-corrected chi connectivity index (χ4v) is 2.46. The Bertz CT molecular complexity index is 457. The third-order valence-electron chi connectivity index (χ3n) is 3.44. The smallest absolute Gasteiger partial charge is 0.278 e. The number of anilines is 1. The molecule has 0 aliphatic heterocycles. The summed E-state index contributed by atoms with van der Waals surface area (Å²) in [6, 6.07) is 2.84. The number of aromatic nitrogens is 1. The second-order valence-electron chi connectivity index (χ2n) is 5.07. The van der Waals surface area contributed by atoms with Gasteiger partial charge in [0.1, 0.15) is 11.9 Å². The summed E-state index contributed by atoms with van der Waals surface area (Å²) in [7, 11) is 0. The first kappa shape index (κ1) is 14.6. The number of pyridine rings is 1. The summed E-state index contributed by atoms with van der Waals surface area (Å²) in [4.78, 5) is 14.8. The van der Waals surface area contributed by atoms with Crippen LogP contribution < -0.4 is 10.1 Å². The van der Waals surface area contributed by atoms with E-state index in [0.717, 1.165) is 25.7 Å². The van der Waals surface area contributed by atoms with Crippen LogP contribution in [0.4, 0.5) is 11.5 Å². The molecule has 0 unspecified atom stereocenters. The molecule has 1 aliphatic carbocycles. The Kier molecular flexibility index (Phi) is 5.15. The van der Waals surface area contributed by atoms with Crippen molar-refractivity contribution in [3.05, 3.63) is 22.2 Å². The zero-order chi connectivity index (χ0) is 14.4. The minimum absolute atomic E-state index is 0.0135. The SMILES string of the molecule is CCNc1cc([N+](=O)[O-])cc(OC2CCCCCC2)n1. The van der Waals surface area contributed by atoms with Crippen molar-refractivity contribution >= 4 is 11.5 Å². The fraction of sp³-hybridized carbons (Fsp3) is 0.643. The zero-order valence-electron chi connectivity index (χ0n) is 11.8. The number of rotatable bonds is 5. The lowest BCUT2D eigenvalue weighted by molar-refractivity contribution is -0.384. The van der Waals surface area contributed by atoms with Gasteiger partial charge in [-0.25, -0.2) is 0 Å². The minimum Gasteiger partial charge on any atom is -0.474 e. The van der Waals surface area contributed by atoms with Crippen LogP contribution in [-0.4, -0.2) is 22.6 Å². The van der Waals surface area contributed by atoms with E-state index < -0.39 is 4.92 Å². The third-order valence-corrected chi connectivity index (χ3v) is 3.44. The molecule has 1 aromatic heterocycles. The van der Waals surface area contributed by atoms with E-state index in [9.17, 15) is 10.1 Å². The van der Waals surface area contributed by atoms with Gasteiger partial charge in [-0.2, -0.15) is 4.98 Å². The summed E-state index contributed by atoms with van der Waals surface area (Å²) in [5.74, 6) is 0.840. The minimum atomic E-state index is -0.414. The van der Waals surface area contributed by atoms with Gasteiger partial charge in [-0.3, -0.25) is 10.1 Å². The molecule has 1 saturated carbocycles. The Balaban J connectivity index is 2.14. The highest BCUT2D eigenvalue weighted by atomic mass is 16.6. The van der Waals surface area contributed by atoms with Gasteiger partial charge in [0, 0.05) is 6.54 Å². The van der Waals surface area contributed by atoms with Crippen LogP contribution in [0.1, 0.15) is 45.4 Å². The molecule has 0 aromatic carbocycles. The maximum absolute atomic E-state index is 11.0. The first-order valence-electron chi connectivity index (χ1n) is 7.26. The summed E-state index contributed by atoms with van der Waals surface area (Å²) >= 11 is 0. The van der Waals surface area contributed by atoms with Gasteiger partial charge in [0.2, 0.25) is 5.88 Å². The molecule has 0 amide bonds. The standard InChI is InChI=1S/C14H21N3O3/c1-2-15-13-9-11(17(18)19)10-14(16-13)20-12-7-5-3-4-6-8-12/h9-10,12H,2-8H2,1H3,(H,15,16). The number of nitro groups is 1. The predicted molar refractivity (Wildman–Crippen MR) is 77.2 cm³/mol. The predicted octanol–water partition coefficient (Wildman–Crippen LogP) is 3.52. The number of ether oxygens (including phenoxy) is 1. The molecule has 0 saturated heterocycles. The van der Waals surface area contributed by atoms with Gasteiger partial charge in [-0.15, -0.1) is 0 Å². The second kappa shape index (κ2) is 7.07. The average molecular weight is 279 g/mol. The molecule has 6 nitrogen and oxygen atoms in total. The van der Waals surface area contributed by atoms with Gasteiger partial charge < -0.3 is 10.1 Å². The average Bonchev–Trinajstić information content (AvgIpc) is 2.67. The second-order valence-corrected chi connectivity index (χ2v) is 5.07. The topological polar surface area (TPSA) is 77.3 Å². The molecule has 6 heteroatoms. The zero-order valence-corrected chi connectivity index (χ0v) is 11.8. The molecule has 110 valence electrons. The molecule has 0 spiro atoms. The lowest BCUT2D eigenvalue weighted by Crippen LogP contribution is -2.16. The molecule has 0 radical (unpaired) electrons. The molecule has 1 N–H and O–H groups in total. The van der Waals surface area contributed by atoms with E-state index in [0.29, 0.717) is 18.2 Å². The molecule has 1 aromatic rings. The Morgan fingerprint density at radius 1 is 1.35 bits per heavy atom. The van der Waals surface area contributed by atoms with E-state index in [4.69, 9.17) is 4.74 Å². The van der Waals surface area contributed by atoms with Gasteiger partial charge in [0.25, 0.3) is 5.69 Å². The number of hydrogen-bond acceptors (Lipinski definition) is 5. The van der Waals surface area contributed by atoms with E-state index in [2.05, 4.69) is 10.3 Å². The summed E-state index contributed by atoms with van der Waals surface area (Å²) in [6.07, 6.45) is 6.91. The van der Waals surface area contributed by atoms with Crippen molar-refractivity contribution in [3.8, 4) is 5.88 Å². The van der Waals surface area contributed by atoms with Crippen LogP contribution in [0.2, 0.25) is 0 Å². The maximum atomic E-state index is 11.0. The van der Waals surface area contributed by atoms with Gasteiger partial charge in [0.05, 0.1) is 17.1 Å². The van der Waals surface area contributed by atoms with Crippen molar-refractivity contribution in [1.29, 1.82) is 0 Å². The molecule has 0 atom stereocenters. The van der Waals surface area contributed by atoms with Crippen molar-refractivity contribution in [2.75, 3.05) is 11.9 Å². The normalized spacial score (nSPS) is 16.4. The van der Waals surface area contributed by atoms with Crippen molar-refractivity contribution in [3.63, 3.8) is 0 Å². The lowest BCUT2D eigenvalue weighted by Gasteiger charge is -2.16. The van der Waals surface area contributed by atoms with Crippen LogP contribution in [0.3, 0.4) is 0 Å². The van der Waals surface area contributed by atoms with Crippen molar-refractivity contribution < 1.29 is 9.66 Å². The number of nitrogens with zero attached hydrogens (tertiary/aromatic N) is 2. The van der Waals surface area contributed by atoms with E-state index in [1.165, 1.54) is 25.0 Å². The monoisotopic (exact) mass is 279 g/mol. The quantitative estimate of drug-likeness (QED) is 0.507. The fourth-order valence-electron chi connectivity index (χ4n) is 2.46. The van der Waals surface area contributed by atoms with E-state index >= 15 is 0 Å². The summed E-state index contributed by atoms with van der Waals surface area (Å²) in [6.45, 7) is 2.59. The highest BCUT2D eigenvalue weighted by Crippen LogP contribution is 2.26. The Morgan fingerprint density at radius 2 is 2.05 bits per heavy atom. The highest BCUT2D eigenvalue weighted by molar-refractivity contribution is 5.48. The number of hydrogen-bond donors (Lipinski definition) is 1. The molecular weight excluding hydrogens is 258 g/mol. The molecule has 2 rings (SSSR count). The summed E-state index contributed by atoms with van der Waals surface area (Å²) < 4.78 is 5.86. The third kappa shape index (κ3) is 4.08. The van der Waals surface area contributed by atoms with E-state index in [1.54, 1.807) is 0 Å². The van der Waals surface area contributed by atoms with Crippen molar-refractivity contribution in [1.82, 2.24) is 4.98 Å². The lowest BCUT2D eigenvalue weighted by atomic mass is 10.1. The molecule has 1 heterocycles. The Labute approximate surface area is 118 Å². The van der Waals surface area contributed by atoms with Crippen molar-refractivity contribution in [2.45, 2.75) is 51.6 Å². The molecule has 20 heavy (non-hydrogen) atoms. The summed E-state index contributed by atoms with van der Waals surface area (Å²) in [5, 5.41) is 13.9. The van der Waals surface area contributed by atoms with Gasteiger partial charge in [-0.05, 0) is 32.6 Å². The van der Waals surface area contributed by atoms with Gasteiger partial charge in [0.15, 0.2) is 0 Å². The molecule has 1 aliphatic rings. The Hall–Kier alpha value is -1.85. The van der Waals surface area contributed by atoms with Gasteiger partial charge in [-0.1, -0.05) is 12.8 Å². The molecule has 0 bridgehead atoms. The van der Waals surface area contributed by atoms with E-state index in [-0.39, 0.29) is 11.8 Å².